The molecule has 0 aliphatic carbocycles. The molecular weight excluding hydrogens is 217 g/mol. The Morgan fingerprint density at radius 2 is 2.00 bits per heavy atom. The first-order valence-electron chi connectivity index (χ1n) is 4.98. The van der Waals surface area contributed by atoms with Crippen LogP contribution in [0, 0.1) is 0 Å². The summed E-state index contributed by atoms with van der Waals surface area (Å²) >= 11 is 0. The van der Waals surface area contributed by atoms with Crippen molar-refractivity contribution in [2.75, 3.05) is 32.1 Å². The minimum absolute atomic E-state index is 0.574. The Morgan fingerprint density at radius 1 is 1.31 bits per heavy atom. The van der Waals surface area contributed by atoms with E-state index in [-0.39, 0.29) is 0 Å². The molecule has 0 aromatic heterocycles. The highest BCUT2D eigenvalue weighted by molar-refractivity contribution is 5.48. The summed E-state index contributed by atoms with van der Waals surface area (Å²) in [5.74, 6) is 0. The van der Waals surface area contributed by atoms with Crippen LogP contribution in [-0.2, 0) is 6.18 Å². The number of anilines is 1. The van der Waals surface area contributed by atoms with E-state index in [1.165, 1.54) is 6.07 Å². The SMILES string of the molecule is CNCCN(C)c1cccc(C(F)(F)F)c1. The Hall–Kier alpha value is -1.23. The van der Waals surface area contributed by atoms with Crippen molar-refractivity contribution < 1.29 is 13.2 Å². The van der Waals surface area contributed by atoms with Crippen LogP contribution in [0.2, 0.25) is 0 Å². The van der Waals surface area contributed by atoms with E-state index in [9.17, 15) is 13.2 Å². The van der Waals surface area contributed by atoms with Gasteiger partial charge in [-0.3, -0.25) is 0 Å². The van der Waals surface area contributed by atoms with E-state index in [0.29, 0.717) is 12.2 Å². The molecule has 0 saturated heterocycles. The molecule has 1 N–H and O–H groups in total. The Morgan fingerprint density at radius 3 is 2.56 bits per heavy atom. The van der Waals surface area contributed by atoms with Crippen molar-refractivity contribution >= 4 is 5.69 Å². The first-order valence-corrected chi connectivity index (χ1v) is 4.98. The maximum atomic E-state index is 12.5. The van der Waals surface area contributed by atoms with Crippen molar-refractivity contribution in [3.05, 3.63) is 29.8 Å². The number of likely N-dealkylation sites (N-methyl/N-ethyl adjacent to an activating group) is 2. The molecule has 0 saturated carbocycles. The van der Waals surface area contributed by atoms with E-state index in [2.05, 4.69) is 5.32 Å². The molecule has 0 bridgehead atoms. The first-order chi connectivity index (χ1) is 7.45. The highest BCUT2D eigenvalue weighted by Gasteiger charge is 2.30. The third kappa shape index (κ3) is 3.41. The van der Waals surface area contributed by atoms with Crippen LogP contribution < -0.4 is 10.2 Å². The van der Waals surface area contributed by atoms with Gasteiger partial charge in [0.1, 0.15) is 0 Å². The number of hydrogen-bond acceptors (Lipinski definition) is 2. The number of benzene rings is 1. The fourth-order valence-corrected chi connectivity index (χ4v) is 1.33. The van der Waals surface area contributed by atoms with Gasteiger partial charge in [-0.1, -0.05) is 6.07 Å². The van der Waals surface area contributed by atoms with Crippen LogP contribution in [0.15, 0.2) is 24.3 Å². The highest BCUT2D eigenvalue weighted by atomic mass is 19.4. The van der Waals surface area contributed by atoms with Gasteiger partial charge >= 0.3 is 6.18 Å². The summed E-state index contributed by atoms with van der Waals surface area (Å²) in [6.07, 6.45) is -4.28. The highest BCUT2D eigenvalue weighted by Crippen LogP contribution is 2.31. The van der Waals surface area contributed by atoms with Gasteiger partial charge in [-0.2, -0.15) is 13.2 Å². The van der Waals surface area contributed by atoms with Crippen molar-refractivity contribution in [1.29, 1.82) is 0 Å². The maximum absolute atomic E-state index is 12.5. The molecule has 0 fully saturated rings. The van der Waals surface area contributed by atoms with Gasteiger partial charge in [-0.15, -0.1) is 0 Å². The number of alkyl halides is 3. The molecule has 2 nitrogen and oxygen atoms in total. The van der Waals surface area contributed by atoms with E-state index < -0.39 is 11.7 Å². The smallest absolute Gasteiger partial charge is 0.373 e. The number of hydrogen-bond donors (Lipinski definition) is 1. The van der Waals surface area contributed by atoms with E-state index >= 15 is 0 Å². The topological polar surface area (TPSA) is 15.3 Å². The fraction of sp³-hybridized carbons (Fsp3) is 0.455. The van der Waals surface area contributed by atoms with E-state index in [4.69, 9.17) is 0 Å². The lowest BCUT2D eigenvalue weighted by molar-refractivity contribution is -0.137. The molecular formula is C11H15F3N2. The molecule has 0 unspecified atom stereocenters. The third-order valence-electron chi connectivity index (χ3n) is 2.31. The van der Waals surface area contributed by atoms with E-state index in [1.54, 1.807) is 25.1 Å². The Labute approximate surface area is 93.1 Å². The Kier molecular flexibility index (Phi) is 4.18. The molecule has 16 heavy (non-hydrogen) atoms. The van der Waals surface area contributed by atoms with Crippen LogP contribution in [0.1, 0.15) is 5.56 Å². The Bertz CT molecular complexity index is 336. The van der Waals surface area contributed by atoms with Crippen LogP contribution in [0.3, 0.4) is 0 Å². The van der Waals surface area contributed by atoms with Crippen molar-refractivity contribution in [2.24, 2.45) is 0 Å². The Balaban J connectivity index is 2.82. The molecule has 1 rings (SSSR count). The summed E-state index contributed by atoms with van der Waals surface area (Å²) in [6, 6.07) is 5.34. The number of nitrogens with zero attached hydrogens (tertiary/aromatic N) is 1. The van der Waals surface area contributed by atoms with Crippen LogP contribution in [-0.4, -0.2) is 27.2 Å². The molecule has 5 heteroatoms. The quantitative estimate of drug-likeness (QED) is 0.857. The van der Waals surface area contributed by atoms with Crippen LogP contribution in [0.5, 0.6) is 0 Å². The predicted molar refractivity (Wildman–Crippen MR) is 58.6 cm³/mol. The van der Waals surface area contributed by atoms with Gasteiger partial charge in [0.05, 0.1) is 5.56 Å². The zero-order valence-corrected chi connectivity index (χ0v) is 9.30. The second-order valence-corrected chi connectivity index (χ2v) is 3.57. The molecule has 0 radical (unpaired) electrons. The van der Waals surface area contributed by atoms with Gasteiger partial charge < -0.3 is 10.2 Å². The molecule has 0 atom stereocenters. The second kappa shape index (κ2) is 5.21. The summed E-state index contributed by atoms with van der Waals surface area (Å²) in [4.78, 5) is 1.78. The average Bonchev–Trinajstić information content (AvgIpc) is 2.25. The van der Waals surface area contributed by atoms with Gasteiger partial charge in [0.15, 0.2) is 0 Å². The van der Waals surface area contributed by atoms with Crippen molar-refractivity contribution in [1.82, 2.24) is 5.32 Å². The van der Waals surface area contributed by atoms with Crippen molar-refractivity contribution in [2.45, 2.75) is 6.18 Å². The molecule has 0 aliphatic heterocycles. The minimum atomic E-state index is -4.28. The largest absolute Gasteiger partial charge is 0.416 e. The third-order valence-corrected chi connectivity index (χ3v) is 2.31. The standard InChI is InChI=1S/C11H15F3N2/c1-15-6-7-16(2)10-5-3-4-9(8-10)11(12,13)14/h3-5,8,15H,6-7H2,1-2H3. The van der Waals surface area contributed by atoms with Crippen LogP contribution in [0.25, 0.3) is 0 Å². The number of halogens is 3. The predicted octanol–water partition coefficient (Wildman–Crippen LogP) is 2.36. The molecule has 0 heterocycles. The summed E-state index contributed by atoms with van der Waals surface area (Å²) in [6.45, 7) is 1.39. The minimum Gasteiger partial charge on any atom is -0.373 e. The maximum Gasteiger partial charge on any atom is 0.416 e. The fourth-order valence-electron chi connectivity index (χ4n) is 1.33. The molecule has 0 spiro atoms. The number of rotatable bonds is 4. The van der Waals surface area contributed by atoms with Crippen molar-refractivity contribution in [3.8, 4) is 0 Å². The normalized spacial score (nSPS) is 11.6. The van der Waals surface area contributed by atoms with Gasteiger partial charge in [0, 0.05) is 25.8 Å². The monoisotopic (exact) mass is 232 g/mol. The van der Waals surface area contributed by atoms with Gasteiger partial charge in [-0.25, -0.2) is 0 Å². The van der Waals surface area contributed by atoms with E-state index in [1.807, 2.05) is 0 Å². The number of nitrogens with one attached hydrogen (secondary N) is 1. The lowest BCUT2D eigenvalue weighted by Crippen LogP contribution is -2.27. The lowest BCUT2D eigenvalue weighted by atomic mass is 10.2. The van der Waals surface area contributed by atoms with Gasteiger partial charge in [0.25, 0.3) is 0 Å². The van der Waals surface area contributed by atoms with Crippen LogP contribution >= 0.6 is 0 Å². The molecule has 0 aliphatic rings. The van der Waals surface area contributed by atoms with Crippen molar-refractivity contribution in [3.63, 3.8) is 0 Å². The van der Waals surface area contributed by atoms with E-state index in [0.717, 1.165) is 18.7 Å². The first kappa shape index (κ1) is 12.8. The molecule has 90 valence electrons. The second-order valence-electron chi connectivity index (χ2n) is 3.57. The molecule has 1 aromatic carbocycles. The zero-order valence-electron chi connectivity index (χ0n) is 9.30. The van der Waals surface area contributed by atoms with Crippen LogP contribution in [0.4, 0.5) is 18.9 Å². The van der Waals surface area contributed by atoms with Gasteiger partial charge in [-0.05, 0) is 25.2 Å². The van der Waals surface area contributed by atoms with Gasteiger partial charge in [0.2, 0.25) is 0 Å². The molecule has 1 aromatic rings. The average molecular weight is 232 g/mol. The summed E-state index contributed by atoms with van der Waals surface area (Å²) in [5.41, 5.74) is -0.0358. The zero-order chi connectivity index (χ0) is 12.2. The summed E-state index contributed by atoms with van der Waals surface area (Å²) in [5, 5.41) is 2.95. The lowest BCUT2D eigenvalue weighted by Gasteiger charge is -2.20. The summed E-state index contributed by atoms with van der Waals surface area (Å²) < 4.78 is 37.4. The molecule has 0 amide bonds. The summed E-state index contributed by atoms with van der Waals surface area (Å²) in [7, 11) is 3.58.